The number of halogens is 2. The van der Waals surface area contributed by atoms with Crippen LogP contribution in [0.15, 0.2) is 6.07 Å². The van der Waals surface area contributed by atoms with Crippen LogP contribution < -0.4 is 4.74 Å². The maximum atomic E-state index is 13.6. The van der Waals surface area contributed by atoms with E-state index in [0.717, 1.165) is 57.1 Å². The van der Waals surface area contributed by atoms with Crippen LogP contribution in [0.5, 0.6) is 5.75 Å². The van der Waals surface area contributed by atoms with Gasteiger partial charge in [-0.15, -0.1) is 0 Å². The van der Waals surface area contributed by atoms with Crippen molar-refractivity contribution in [3.05, 3.63) is 27.2 Å². The van der Waals surface area contributed by atoms with Crippen molar-refractivity contribution in [2.75, 3.05) is 27.2 Å². The first-order valence-corrected chi connectivity index (χ1v) is 11.5. The average molecular weight is 426 g/mol. The molecule has 1 aromatic carbocycles. The van der Waals surface area contributed by atoms with Crippen LogP contribution in [0.3, 0.4) is 0 Å². The van der Waals surface area contributed by atoms with E-state index in [4.69, 9.17) is 27.9 Å². The van der Waals surface area contributed by atoms with E-state index in [1.54, 1.807) is 0 Å². The van der Waals surface area contributed by atoms with Gasteiger partial charge >= 0.3 is 0 Å². The minimum atomic E-state index is -0.286. The van der Waals surface area contributed by atoms with Crippen LogP contribution in [0, 0.1) is 11.3 Å². The molecule has 0 aromatic heterocycles. The van der Waals surface area contributed by atoms with E-state index in [1.807, 2.05) is 20.2 Å². The van der Waals surface area contributed by atoms with Gasteiger partial charge in [-0.3, -0.25) is 4.79 Å². The van der Waals surface area contributed by atoms with Gasteiger partial charge in [0, 0.05) is 17.5 Å². The molecule has 28 heavy (non-hydrogen) atoms. The van der Waals surface area contributed by atoms with Crippen LogP contribution in [0.1, 0.15) is 74.2 Å². The smallest absolute Gasteiger partial charge is 0.171 e. The van der Waals surface area contributed by atoms with Crippen LogP contribution in [0.2, 0.25) is 10.0 Å². The van der Waals surface area contributed by atoms with Crippen molar-refractivity contribution in [1.29, 1.82) is 0 Å². The molecule has 5 heteroatoms. The third kappa shape index (κ3) is 4.22. The fourth-order valence-corrected chi connectivity index (χ4v) is 5.58. The standard InChI is InChI=1S/C23H33Cl2NO2/c1-4-5-11-23(17-9-6-7-10-17)15-16-14-18(28-13-8-12-26(2)3)20(24)21(25)19(16)22(23)27/h14,17H,4-13,15H2,1-3H3. The summed E-state index contributed by atoms with van der Waals surface area (Å²) >= 11 is 13.2. The summed E-state index contributed by atoms with van der Waals surface area (Å²) in [6.45, 7) is 3.74. The normalized spacial score (nSPS) is 22.3. The summed E-state index contributed by atoms with van der Waals surface area (Å²) in [5.41, 5.74) is 1.41. The quantitative estimate of drug-likeness (QED) is 0.426. The molecular weight excluding hydrogens is 393 g/mol. The fourth-order valence-electron chi connectivity index (χ4n) is 5.08. The van der Waals surface area contributed by atoms with Gasteiger partial charge in [0.2, 0.25) is 0 Å². The lowest BCUT2D eigenvalue weighted by molar-refractivity contribution is 0.0671. The third-order valence-corrected chi connectivity index (χ3v) is 7.41. The number of hydrogen-bond donors (Lipinski definition) is 0. The van der Waals surface area contributed by atoms with E-state index in [-0.39, 0.29) is 11.2 Å². The Balaban J connectivity index is 1.87. The summed E-state index contributed by atoms with van der Waals surface area (Å²) in [6, 6.07) is 1.99. The second kappa shape index (κ2) is 9.36. The monoisotopic (exact) mass is 425 g/mol. The number of hydrogen-bond acceptors (Lipinski definition) is 3. The van der Waals surface area contributed by atoms with Gasteiger partial charge in [0.15, 0.2) is 5.78 Å². The van der Waals surface area contributed by atoms with Crippen LogP contribution in [0.4, 0.5) is 0 Å². The molecule has 1 unspecified atom stereocenters. The van der Waals surface area contributed by atoms with Crippen molar-refractivity contribution >= 4 is 29.0 Å². The van der Waals surface area contributed by atoms with E-state index >= 15 is 0 Å². The number of benzene rings is 1. The predicted octanol–water partition coefficient (Wildman–Crippen LogP) is 6.43. The van der Waals surface area contributed by atoms with Crippen molar-refractivity contribution in [2.45, 2.75) is 64.7 Å². The first-order valence-electron chi connectivity index (χ1n) is 10.7. The zero-order valence-corrected chi connectivity index (χ0v) is 19.0. The Morgan fingerprint density at radius 1 is 1.18 bits per heavy atom. The second-order valence-corrected chi connectivity index (χ2v) is 9.54. The molecule has 0 aliphatic heterocycles. The molecule has 1 aromatic rings. The molecule has 0 bridgehead atoms. The first-order chi connectivity index (χ1) is 13.4. The Morgan fingerprint density at radius 2 is 1.89 bits per heavy atom. The Labute approximate surface area is 179 Å². The first kappa shape index (κ1) is 21.9. The third-order valence-electron chi connectivity index (χ3n) is 6.56. The van der Waals surface area contributed by atoms with Crippen molar-refractivity contribution in [3.63, 3.8) is 0 Å². The van der Waals surface area contributed by atoms with E-state index in [2.05, 4.69) is 11.8 Å². The van der Waals surface area contributed by atoms with Gasteiger partial charge in [-0.05, 0) is 63.7 Å². The summed E-state index contributed by atoms with van der Waals surface area (Å²) in [5.74, 6) is 1.32. The van der Waals surface area contributed by atoms with Crippen molar-refractivity contribution in [3.8, 4) is 5.75 Å². The van der Waals surface area contributed by atoms with Gasteiger partial charge in [0.25, 0.3) is 0 Å². The molecule has 0 spiro atoms. The van der Waals surface area contributed by atoms with Gasteiger partial charge in [0.1, 0.15) is 10.8 Å². The molecule has 156 valence electrons. The fraction of sp³-hybridized carbons (Fsp3) is 0.696. The highest BCUT2D eigenvalue weighted by Gasteiger charge is 2.51. The highest BCUT2D eigenvalue weighted by molar-refractivity contribution is 6.45. The number of Topliss-reactive ketones (excluding diaryl/α,β-unsaturated/α-hetero) is 1. The summed E-state index contributed by atoms with van der Waals surface area (Å²) in [5, 5.41) is 0.777. The van der Waals surface area contributed by atoms with Crippen molar-refractivity contribution in [1.82, 2.24) is 4.90 Å². The minimum Gasteiger partial charge on any atom is -0.492 e. The Hall–Kier alpha value is -0.770. The molecule has 3 rings (SSSR count). The molecule has 2 aliphatic carbocycles. The lowest BCUT2D eigenvalue weighted by Gasteiger charge is -2.34. The molecular formula is C23H33Cl2NO2. The Morgan fingerprint density at radius 3 is 2.54 bits per heavy atom. The number of unbranched alkanes of at least 4 members (excludes halogenated alkanes) is 1. The number of rotatable bonds is 9. The van der Waals surface area contributed by atoms with E-state index < -0.39 is 0 Å². The number of carbonyl (C=O) groups is 1. The zero-order valence-electron chi connectivity index (χ0n) is 17.5. The molecule has 2 aliphatic rings. The Bertz CT molecular complexity index is 713. The van der Waals surface area contributed by atoms with Gasteiger partial charge in [-0.2, -0.15) is 0 Å². The molecule has 0 saturated heterocycles. The van der Waals surface area contributed by atoms with Gasteiger partial charge in [-0.25, -0.2) is 0 Å². The number of ether oxygens (including phenoxy) is 1. The number of carbonyl (C=O) groups excluding carboxylic acids is 1. The Kier molecular flexibility index (Phi) is 7.33. The van der Waals surface area contributed by atoms with Gasteiger partial charge in [0.05, 0.1) is 11.6 Å². The molecule has 0 heterocycles. The van der Waals surface area contributed by atoms with Crippen molar-refractivity contribution in [2.24, 2.45) is 11.3 Å². The molecule has 3 nitrogen and oxygen atoms in total. The van der Waals surface area contributed by atoms with Crippen LogP contribution in [-0.2, 0) is 6.42 Å². The van der Waals surface area contributed by atoms with Gasteiger partial charge in [-0.1, -0.05) is 55.8 Å². The van der Waals surface area contributed by atoms with E-state index in [1.165, 1.54) is 12.8 Å². The topological polar surface area (TPSA) is 29.5 Å². The molecule has 0 N–H and O–H groups in total. The molecule has 1 atom stereocenters. The van der Waals surface area contributed by atoms with Crippen LogP contribution in [-0.4, -0.2) is 37.9 Å². The van der Waals surface area contributed by atoms with Crippen LogP contribution >= 0.6 is 23.2 Å². The highest BCUT2D eigenvalue weighted by atomic mass is 35.5. The van der Waals surface area contributed by atoms with Gasteiger partial charge < -0.3 is 9.64 Å². The summed E-state index contributed by atoms with van der Waals surface area (Å²) < 4.78 is 5.95. The molecule has 1 saturated carbocycles. The lowest BCUT2D eigenvalue weighted by Crippen LogP contribution is -2.35. The lowest BCUT2D eigenvalue weighted by atomic mass is 9.68. The summed E-state index contributed by atoms with van der Waals surface area (Å²) in [7, 11) is 4.09. The van der Waals surface area contributed by atoms with Crippen LogP contribution in [0.25, 0.3) is 0 Å². The zero-order chi connectivity index (χ0) is 20.3. The summed E-state index contributed by atoms with van der Waals surface area (Å²) in [4.78, 5) is 15.8. The second-order valence-electron chi connectivity index (χ2n) is 8.79. The maximum Gasteiger partial charge on any atom is 0.171 e. The number of ketones is 1. The predicted molar refractivity (Wildman–Crippen MR) is 117 cm³/mol. The largest absolute Gasteiger partial charge is 0.492 e. The highest BCUT2D eigenvalue weighted by Crippen LogP contribution is 2.54. The maximum absolute atomic E-state index is 13.6. The number of fused-ring (bicyclic) bond motifs is 1. The van der Waals surface area contributed by atoms with E-state index in [0.29, 0.717) is 33.9 Å². The average Bonchev–Trinajstić information content (AvgIpc) is 3.28. The summed E-state index contributed by atoms with van der Waals surface area (Å²) in [6.07, 6.45) is 9.62. The molecule has 0 amide bonds. The minimum absolute atomic E-state index is 0.230. The van der Waals surface area contributed by atoms with E-state index in [9.17, 15) is 4.79 Å². The molecule has 1 fully saturated rings. The SMILES string of the molecule is CCCCC1(C2CCCC2)Cc2cc(OCCCN(C)C)c(Cl)c(Cl)c2C1=O. The van der Waals surface area contributed by atoms with Crippen molar-refractivity contribution < 1.29 is 9.53 Å². The number of nitrogens with zero attached hydrogens (tertiary/aromatic N) is 1. The molecule has 0 radical (unpaired) electrons.